The molecule has 0 aliphatic rings. The minimum atomic E-state index is -3.92. The SMILES string of the molecule is CCOc1ccccc1CNC(=O)CN(c1ccc(I)cc1)S(=O)(=O)c1ccccc1. The molecule has 0 aromatic heterocycles. The van der Waals surface area contributed by atoms with Gasteiger partial charge in [0.25, 0.3) is 10.0 Å². The third kappa shape index (κ3) is 5.98. The van der Waals surface area contributed by atoms with Gasteiger partial charge < -0.3 is 10.1 Å². The molecule has 0 radical (unpaired) electrons. The lowest BCUT2D eigenvalue weighted by Gasteiger charge is -2.24. The van der Waals surface area contributed by atoms with Crippen LogP contribution < -0.4 is 14.4 Å². The van der Waals surface area contributed by atoms with Crippen molar-refractivity contribution < 1.29 is 17.9 Å². The Morgan fingerprint density at radius 2 is 1.61 bits per heavy atom. The van der Waals surface area contributed by atoms with Crippen molar-refractivity contribution in [3.8, 4) is 5.75 Å². The van der Waals surface area contributed by atoms with E-state index in [1.165, 1.54) is 12.1 Å². The Balaban J connectivity index is 1.82. The second-order valence-electron chi connectivity index (χ2n) is 6.62. The molecule has 8 heteroatoms. The van der Waals surface area contributed by atoms with Crippen LogP contribution in [0.25, 0.3) is 0 Å². The van der Waals surface area contributed by atoms with E-state index in [0.717, 1.165) is 13.4 Å². The number of nitrogens with zero attached hydrogens (tertiary/aromatic N) is 1. The Morgan fingerprint density at radius 3 is 2.29 bits per heavy atom. The summed E-state index contributed by atoms with van der Waals surface area (Å²) >= 11 is 2.15. The van der Waals surface area contributed by atoms with Crippen molar-refractivity contribution in [1.82, 2.24) is 5.32 Å². The summed E-state index contributed by atoms with van der Waals surface area (Å²) in [5.74, 6) is 0.279. The number of nitrogens with one attached hydrogen (secondary N) is 1. The van der Waals surface area contributed by atoms with E-state index in [1.54, 1.807) is 42.5 Å². The standard InChI is InChI=1S/C23H23IN2O4S/c1-2-30-22-11-7-6-8-18(22)16-25-23(27)17-26(20-14-12-19(24)13-15-20)31(28,29)21-9-4-3-5-10-21/h3-15H,2,16-17H2,1H3,(H,25,27). The van der Waals surface area contributed by atoms with Crippen molar-refractivity contribution in [3.63, 3.8) is 0 Å². The van der Waals surface area contributed by atoms with Crippen LogP contribution in [0.1, 0.15) is 12.5 Å². The molecule has 6 nitrogen and oxygen atoms in total. The first-order chi connectivity index (χ1) is 14.9. The average Bonchev–Trinajstić information content (AvgIpc) is 2.78. The maximum Gasteiger partial charge on any atom is 0.264 e. The van der Waals surface area contributed by atoms with E-state index in [1.807, 2.05) is 31.2 Å². The van der Waals surface area contributed by atoms with Gasteiger partial charge in [-0.2, -0.15) is 0 Å². The molecule has 0 spiro atoms. The average molecular weight is 550 g/mol. The number of hydrogen-bond acceptors (Lipinski definition) is 4. The summed E-state index contributed by atoms with van der Waals surface area (Å²) in [6.07, 6.45) is 0. The van der Waals surface area contributed by atoms with Gasteiger partial charge in [0, 0.05) is 15.7 Å². The van der Waals surface area contributed by atoms with E-state index in [9.17, 15) is 13.2 Å². The third-order valence-electron chi connectivity index (χ3n) is 4.48. The molecule has 0 unspecified atom stereocenters. The number of ether oxygens (including phenoxy) is 1. The zero-order chi connectivity index (χ0) is 22.3. The molecule has 31 heavy (non-hydrogen) atoms. The van der Waals surface area contributed by atoms with Crippen molar-refractivity contribution in [1.29, 1.82) is 0 Å². The van der Waals surface area contributed by atoms with Gasteiger partial charge >= 0.3 is 0 Å². The lowest BCUT2D eigenvalue weighted by Crippen LogP contribution is -2.40. The summed E-state index contributed by atoms with van der Waals surface area (Å²) < 4.78 is 34.3. The number of para-hydroxylation sites is 1. The van der Waals surface area contributed by atoms with Gasteiger partial charge in [0.2, 0.25) is 5.91 Å². The monoisotopic (exact) mass is 550 g/mol. The van der Waals surface area contributed by atoms with Crippen molar-refractivity contribution in [3.05, 3.63) is 88.0 Å². The molecule has 1 N–H and O–H groups in total. The van der Waals surface area contributed by atoms with Gasteiger partial charge in [0.15, 0.2) is 0 Å². The predicted octanol–water partition coefficient (Wildman–Crippen LogP) is 4.20. The van der Waals surface area contributed by atoms with E-state index in [-0.39, 0.29) is 18.0 Å². The summed E-state index contributed by atoms with van der Waals surface area (Å²) in [4.78, 5) is 12.9. The fourth-order valence-electron chi connectivity index (χ4n) is 2.97. The van der Waals surface area contributed by atoms with Crippen LogP contribution >= 0.6 is 22.6 Å². The van der Waals surface area contributed by atoms with Crippen molar-refractivity contribution in [2.75, 3.05) is 17.5 Å². The fourth-order valence-corrected chi connectivity index (χ4v) is 4.77. The number of anilines is 1. The van der Waals surface area contributed by atoms with E-state index in [2.05, 4.69) is 27.9 Å². The molecule has 0 heterocycles. The molecule has 0 bridgehead atoms. The zero-order valence-corrected chi connectivity index (χ0v) is 20.0. The quantitative estimate of drug-likeness (QED) is 0.406. The summed E-state index contributed by atoms with van der Waals surface area (Å²) in [5, 5.41) is 2.81. The molecule has 3 aromatic carbocycles. The molecule has 0 aliphatic heterocycles. The second kappa shape index (κ2) is 10.6. The molecule has 1 amide bonds. The normalized spacial score (nSPS) is 11.0. The summed E-state index contributed by atoms with van der Waals surface area (Å²) in [7, 11) is -3.92. The van der Waals surface area contributed by atoms with Gasteiger partial charge in [-0.15, -0.1) is 0 Å². The van der Waals surface area contributed by atoms with Crippen molar-refractivity contribution in [2.24, 2.45) is 0 Å². The first-order valence-electron chi connectivity index (χ1n) is 9.72. The number of sulfonamides is 1. The number of hydrogen-bond donors (Lipinski definition) is 1. The van der Waals surface area contributed by atoms with E-state index in [0.29, 0.717) is 18.0 Å². The third-order valence-corrected chi connectivity index (χ3v) is 6.99. The molecule has 0 saturated carbocycles. The number of carbonyl (C=O) groups is 1. The Hall–Kier alpha value is -2.59. The van der Waals surface area contributed by atoms with Gasteiger partial charge in [-0.05, 0) is 72.0 Å². The van der Waals surface area contributed by atoms with Gasteiger partial charge in [-0.3, -0.25) is 9.10 Å². The molecular weight excluding hydrogens is 527 g/mol. The van der Waals surface area contributed by atoms with Gasteiger partial charge in [-0.1, -0.05) is 36.4 Å². The van der Waals surface area contributed by atoms with Crippen LogP contribution in [0.15, 0.2) is 83.8 Å². The minimum Gasteiger partial charge on any atom is -0.494 e. The number of rotatable bonds is 9. The van der Waals surface area contributed by atoms with Gasteiger partial charge in [0.05, 0.1) is 17.2 Å². The highest BCUT2D eigenvalue weighted by Crippen LogP contribution is 2.24. The van der Waals surface area contributed by atoms with E-state index < -0.39 is 15.9 Å². The molecular formula is C23H23IN2O4S. The topological polar surface area (TPSA) is 75.7 Å². The summed E-state index contributed by atoms with van der Waals surface area (Å²) in [6.45, 7) is 2.30. The molecule has 0 saturated heterocycles. The largest absolute Gasteiger partial charge is 0.494 e. The van der Waals surface area contributed by atoms with Gasteiger partial charge in [0.1, 0.15) is 12.3 Å². The molecule has 3 aromatic rings. The number of carbonyl (C=O) groups excluding carboxylic acids is 1. The summed E-state index contributed by atoms with van der Waals surface area (Å²) in [6, 6.07) is 22.5. The lowest BCUT2D eigenvalue weighted by atomic mass is 10.2. The Kier molecular flexibility index (Phi) is 7.91. The smallest absolute Gasteiger partial charge is 0.264 e. The summed E-state index contributed by atoms with van der Waals surface area (Å²) in [5.41, 5.74) is 1.25. The van der Waals surface area contributed by atoms with Crippen LogP contribution in [0.5, 0.6) is 5.75 Å². The number of halogens is 1. The highest BCUT2D eigenvalue weighted by atomic mass is 127. The van der Waals surface area contributed by atoms with Crippen LogP contribution in [-0.4, -0.2) is 27.5 Å². The first kappa shape index (κ1) is 23.1. The molecule has 162 valence electrons. The number of amides is 1. The molecule has 0 atom stereocenters. The Bertz CT molecular complexity index is 1120. The Labute approximate surface area is 196 Å². The van der Waals surface area contributed by atoms with Crippen LogP contribution in [0.3, 0.4) is 0 Å². The van der Waals surface area contributed by atoms with Crippen molar-refractivity contribution in [2.45, 2.75) is 18.4 Å². The number of benzene rings is 3. The second-order valence-corrected chi connectivity index (χ2v) is 9.73. The van der Waals surface area contributed by atoms with Crippen LogP contribution in [0.4, 0.5) is 5.69 Å². The zero-order valence-electron chi connectivity index (χ0n) is 17.0. The molecule has 3 rings (SSSR count). The van der Waals surface area contributed by atoms with Crippen LogP contribution in [0, 0.1) is 3.57 Å². The van der Waals surface area contributed by atoms with Crippen molar-refractivity contribution >= 4 is 44.2 Å². The first-order valence-corrected chi connectivity index (χ1v) is 12.2. The minimum absolute atomic E-state index is 0.128. The van der Waals surface area contributed by atoms with Crippen LogP contribution in [-0.2, 0) is 21.4 Å². The highest BCUT2D eigenvalue weighted by Gasteiger charge is 2.27. The van der Waals surface area contributed by atoms with E-state index >= 15 is 0 Å². The highest BCUT2D eigenvalue weighted by molar-refractivity contribution is 14.1. The van der Waals surface area contributed by atoms with Crippen LogP contribution in [0.2, 0.25) is 0 Å². The fraction of sp³-hybridized carbons (Fsp3) is 0.174. The maximum atomic E-state index is 13.3. The maximum absolute atomic E-state index is 13.3. The predicted molar refractivity (Wildman–Crippen MR) is 130 cm³/mol. The Morgan fingerprint density at radius 1 is 0.968 bits per heavy atom. The molecule has 0 fully saturated rings. The van der Waals surface area contributed by atoms with Gasteiger partial charge in [-0.25, -0.2) is 8.42 Å². The lowest BCUT2D eigenvalue weighted by molar-refractivity contribution is -0.119. The molecule has 0 aliphatic carbocycles. The van der Waals surface area contributed by atoms with E-state index in [4.69, 9.17) is 4.74 Å².